The van der Waals surface area contributed by atoms with Gasteiger partial charge in [0.25, 0.3) is 0 Å². The number of hydrogen-bond donors (Lipinski definition) is 1. The van der Waals surface area contributed by atoms with Gasteiger partial charge in [-0.2, -0.15) is 0 Å². The van der Waals surface area contributed by atoms with E-state index < -0.39 is 0 Å². The summed E-state index contributed by atoms with van der Waals surface area (Å²) in [6, 6.07) is 8.23. The number of piperidine rings is 1. The molecule has 0 spiro atoms. The van der Waals surface area contributed by atoms with E-state index in [0.717, 1.165) is 17.5 Å². The molecule has 0 bridgehead atoms. The molecule has 1 heterocycles. The van der Waals surface area contributed by atoms with Gasteiger partial charge in [0.1, 0.15) is 0 Å². The molecule has 1 aromatic carbocycles. The van der Waals surface area contributed by atoms with E-state index in [1.807, 2.05) is 12.1 Å². The fourth-order valence-corrected chi connectivity index (χ4v) is 3.33. The van der Waals surface area contributed by atoms with Crippen molar-refractivity contribution >= 4 is 11.6 Å². The largest absolute Gasteiger partial charge is 0.330 e. The van der Waals surface area contributed by atoms with E-state index in [9.17, 15) is 0 Å². The maximum absolute atomic E-state index is 6.02. The molecule has 0 amide bonds. The Kier molecular flexibility index (Phi) is 5.68. The molecule has 2 nitrogen and oxygen atoms in total. The number of nitrogens with two attached hydrogens (primary N) is 1. The third kappa shape index (κ3) is 3.95. The monoisotopic (exact) mass is 280 g/mol. The maximum Gasteiger partial charge on any atom is 0.0406 e. The van der Waals surface area contributed by atoms with Gasteiger partial charge in [-0.15, -0.1) is 0 Å². The van der Waals surface area contributed by atoms with Crippen molar-refractivity contribution < 1.29 is 0 Å². The molecule has 1 aliphatic heterocycles. The van der Waals surface area contributed by atoms with Gasteiger partial charge in [0.15, 0.2) is 0 Å². The summed E-state index contributed by atoms with van der Waals surface area (Å²) in [5.74, 6) is 1.21. The van der Waals surface area contributed by atoms with E-state index >= 15 is 0 Å². The van der Waals surface area contributed by atoms with Crippen LogP contribution in [0.4, 0.5) is 0 Å². The number of nitrogens with zero attached hydrogens (tertiary/aromatic N) is 1. The Balaban J connectivity index is 1.97. The van der Waals surface area contributed by atoms with E-state index in [1.165, 1.54) is 44.5 Å². The van der Waals surface area contributed by atoms with Crippen LogP contribution in [0, 0.1) is 5.92 Å². The molecule has 3 heteroatoms. The Morgan fingerprint density at radius 2 is 1.89 bits per heavy atom. The van der Waals surface area contributed by atoms with Gasteiger partial charge in [-0.3, -0.25) is 0 Å². The summed E-state index contributed by atoms with van der Waals surface area (Å²) in [5.41, 5.74) is 7.37. The van der Waals surface area contributed by atoms with Crippen LogP contribution in [0.5, 0.6) is 0 Å². The molecule has 19 heavy (non-hydrogen) atoms. The minimum Gasteiger partial charge on any atom is -0.330 e. The highest BCUT2D eigenvalue weighted by Gasteiger charge is 2.26. The molecular weight excluding hydrogens is 256 g/mol. The van der Waals surface area contributed by atoms with E-state index in [-0.39, 0.29) is 0 Å². The highest BCUT2D eigenvalue weighted by atomic mass is 35.5. The van der Waals surface area contributed by atoms with Crippen molar-refractivity contribution in [3.05, 3.63) is 34.9 Å². The van der Waals surface area contributed by atoms with Crippen LogP contribution in [-0.4, -0.2) is 31.1 Å². The van der Waals surface area contributed by atoms with Crippen LogP contribution in [0.3, 0.4) is 0 Å². The van der Waals surface area contributed by atoms with Crippen molar-refractivity contribution in [2.45, 2.75) is 32.1 Å². The third-order valence-corrected chi connectivity index (χ3v) is 4.55. The normalized spacial score (nSPS) is 19.5. The third-order valence-electron chi connectivity index (χ3n) is 4.29. The van der Waals surface area contributed by atoms with Crippen LogP contribution < -0.4 is 5.73 Å². The van der Waals surface area contributed by atoms with Crippen LogP contribution in [-0.2, 0) is 0 Å². The second-order valence-corrected chi connectivity index (χ2v) is 6.01. The number of halogens is 1. The summed E-state index contributed by atoms with van der Waals surface area (Å²) in [7, 11) is 0. The quantitative estimate of drug-likeness (QED) is 0.894. The van der Waals surface area contributed by atoms with Gasteiger partial charge in [-0.25, -0.2) is 0 Å². The van der Waals surface area contributed by atoms with Gasteiger partial charge < -0.3 is 10.6 Å². The number of likely N-dealkylation sites (tertiary alicyclic amines) is 1. The average molecular weight is 281 g/mol. The van der Waals surface area contributed by atoms with Crippen LogP contribution in [0.1, 0.15) is 37.7 Å². The molecule has 2 N–H and O–H groups in total. The first-order valence-corrected chi connectivity index (χ1v) is 7.80. The van der Waals surface area contributed by atoms with Crippen LogP contribution in [0.15, 0.2) is 24.3 Å². The molecule has 1 atom stereocenters. The lowest BCUT2D eigenvalue weighted by Gasteiger charge is -2.35. The molecule has 0 aliphatic carbocycles. The lowest BCUT2D eigenvalue weighted by molar-refractivity contribution is 0.169. The SMILES string of the molecule is CCCN1CCC(C(CN)c2ccc(Cl)cc2)CC1. The van der Waals surface area contributed by atoms with Crippen LogP contribution in [0.2, 0.25) is 5.02 Å². The maximum atomic E-state index is 6.02. The predicted octanol–water partition coefficient (Wildman–Crippen LogP) is 3.50. The zero-order valence-electron chi connectivity index (χ0n) is 11.8. The highest BCUT2D eigenvalue weighted by molar-refractivity contribution is 6.30. The Morgan fingerprint density at radius 1 is 1.26 bits per heavy atom. The van der Waals surface area contributed by atoms with Crippen molar-refractivity contribution in [3.63, 3.8) is 0 Å². The number of benzene rings is 1. The van der Waals surface area contributed by atoms with Crippen molar-refractivity contribution in [2.24, 2.45) is 11.7 Å². The van der Waals surface area contributed by atoms with E-state index in [0.29, 0.717) is 5.92 Å². The fourth-order valence-electron chi connectivity index (χ4n) is 3.21. The van der Waals surface area contributed by atoms with Gasteiger partial charge >= 0.3 is 0 Å². The summed E-state index contributed by atoms with van der Waals surface area (Å²) in [6.45, 7) is 6.68. The highest BCUT2D eigenvalue weighted by Crippen LogP contribution is 2.32. The second kappa shape index (κ2) is 7.28. The van der Waals surface area contributed by atoms with Crippen LogP contribution in [0.25, 0.3) is 0 Å². The molecular formula is C16H25ClN2. The molecule has 1 unspecified atom stereocenters. The van der Waals surface area contributed by atoms with Crippen LogP contribution >= 0.6 is 11.6 Å². The standard InChI is InChI=1S/C16H25ClN2/c1-2-9-19-10-7-14(8-11-19)16(12-18)13-3-5-15(17)6-4-13/h3-6,14,16H,2,7-12,18H2,1H3. The predicted molar refractivity (Wildman–Crippen MR) is 82.7 cm³/mol. The Labute approximate surface area is 121 Å². The second-order valence-electron chi connectivity index (χ2n) is 5.57. The summed E-state index contributed by atoms with van der Waals surface area (Å²) in [6.07, 6.45) is 3.79. The van der Waals surface area contributed by atoms with E-state index in [2.05, 4.69) is 24.0 Å². The molecule has 106 valence electrons. The lowest BCUT2D eigenvalue weighted by atomic mass is 9.80. The molecule has 0 saturated carbocycles. The first-order chi connectivity index (χ1) is 9.24. The van der Waals surface area contributed by atoms with Crippen molar-refractivity contribution in [2.75, 3.05) is 26.2 Å². The zero-order valence-corrected chi connectivity index (χ0v) is 12.6. The average Bonchev–Trinajstić information content (AvgIpc) is 2.44. The summed E-state index contributed by atoms with van der Waals surface area (Å²) >= 11 is 5.96. The van der Waals surface area contributed by atoms with E-state index in [4.69, 9.17) is 17.3 Å². The first-order valence-electron chi connectivity index (χ1n) is 7.42. The molecule has 0 radical (unpaired) electrons. The summed E-state index contributed by atoms with van der Waals surface area (Å²) in [4.78, 5) is 2.58. The smallest absolute Gasteiger partial charge is 0.0406 e. The van der Waals surface area contributed by atoms with E-state index in [1.54, 1.807) is 0 Å². The molecule has 2 rings (SSSR count). The molecule has 1 saturated heterocycles. The molecule has 1 aliphatic rings. The van der Waals surface area contributed by atoms with Gasteiger partial charge in [-0.05, 0) is 75.0 Å². The molecule has 1 fully saturated rings. The summed E-state index contributed by atoms with van der Waals surface area (Å²) in [5, 5.41) is 0.803. The van der Waals surface area contributed by atoms with Crippen molar-refractivity contribution in [1.82, 2.24) is 4.90 Å². The first kappa shape index (κ1) is 14.8. The van der Waals surface area contributed by atoms with Crippen molar-refractivity contribution in [3.8, 4) is 0 Å². The van der Waals surface area contributed by atoms with Gasteiger partial charge in [0.05, 0.1) is 0 Å². The Hall–Kier alpha value is -0.570. The Morgan fingerprint density at radius 3 is 2.42 bits per heavy atom. The number of hydrogen-bond acceptors (Lipinski definition) is 2. The molecule has 1 aromatic rings. The van der Waals surface area contributed by atoms with Crippen molar-refractivity contribution in [1.29, 1.82) is 0 Å². The minimum atomic E-state index is 0.487. The number of rotatable bonds is 5. The zero-order chi connectivity index (χ0) is 13.7. The topological polar surface area (TPSA) is 29.3 Å². The summed E-state index contributed by atoms with van der Waals surface area (Å²) < 4.78 is 0. The lowest BCUT2D eigenvalue weighted by Crippen LogP contribution is -2.37. The van der Waals surface area contributed by atoms with Gasteiger partial charge in [0, 0.05) is 5.02 Å². The molecule has 0 aromatic heterocycles. The van der Waals surface area contributed by atoms with Gasteiger partial charge in [0.2, 0.25) is 0 Å². The van der Waals surface area contributed by atoms with Gasteiger partial charge in [-0.1, -0.05) is 30.7 Å². The Bertz CT molecular complexity index is 369. The fraction of sp³-hybridized carbons (Fsp3) is 0.625. The minimum absolute atomic E-state index is 0.487.